The minimum Gasteiger partial charge on any atom is -0.448 e. The highest BCUT2D eigenvalue weighted by molar-refractivity contribution is 7.99. The molecule has 0 fully saturated rings. The van der Waals surface area contributed by atoms with E-state index in [1.165, 1.54) is 11.8 Å². The van der Waals surface area contributed by atoms with E-state index >= 15 is 0 Å². The molecule has 28 heavy (non-hydrogen) atoms. The third-order valence-electron chi connectivity index (χ3n) is 4.28. The maximum absolute atomic E-state index is 10.9. The van der Waals surface area contributed by atoms with Gasteiger partial charge in [-0.15, -0.1) is 10.2 Å². The third kappa shape index (κ3) is 3.63. The molecule has 0 atom stereocenters. The number of furan rings is 1. The maximum Gasteiger partial charge on any atom is 0.217 e. The normalized spacial score (nSPS) is 11.4. The van der Waals surface area contributed by atoms with Gasteiger partial charge in [-0.05, 0) is 48.9 Å². The van der Waals surface area contributed by atoms with Crippen molar-refractivity contribution in [2.45, 2.75) is 36.6 Å². The van der Waals surface area contributed by atoms with Crippen LogP contribution < -0.4 is 5.73 Å². The smallest absolute Gasteiger partial charge is 0.217 e. The minimum absolute atomic E-state index is 0.304. The number of aryl methyl sites for hydroxylation is 3. The predicted molar refractivity (Wildman–Crippen MR) is 104 cm³/mol. The summed E-state index contributed by atoms with van der Waals surface area (Å²) in [6.45, 7) is 2.63. The summed E-state index contributed by atoms with van der Waals surface area (Å²) in [6, 6.07) is 5.76. The monoisotopic (exact) mass is 397 g/mol. The van der Waals surface area contributed by atoms with Crippen molar-refractivity contribution in [1.82, 2.24) is 29.5 Å². The molecular weight excluding hydrogens is 378 g/mol. The molecule has 0 aliphatic rings. The van der Waals surface area contributed by atoms with Crippen LogP contribution in [0.4, 0.5) is 0 Å². The van der Waals surface area contributed by atoms with Crippen LogP contribution in [0.3, 0.4) is 0 Å². The Morgan fingerprint density at radius 2 is 2.21 bits per heavy atom. The van der Waals surface area contributed by atoms with Gasteiger partial charge in [-0.1, -0.05) is 0 Å². The van der Waals surface area contributed by atoms with Crippen molar-refractivity contribution in [3.05, 3.63) is 36.3 Å². The van der Waals surface area contributed by atoms with Gasteiger partial charge in [0.25, 0.3) is 0 Å². The van der Waals surface area contributed by atoms with Gasteiger partial charge in [0.15, 0.2) is 16.0 Å². The van der Waals surface area contributed by atoms with Gasteiger partial charge in [-0.2, -0.15) is 5.10 Å². The molecule has 10 heteroatoms. The number of nitrogens with zero attached hydrogens (tertiary/aromatic N) is 6. The first-order valence-electron chi connectivity index (χ1n) is 8.75. The molecule has 0 radical (unpaired) electrons. The fraction of sp³-hybridized carbons (Fsp3) is 0.278. The highest BCUT2D eigenvalue weighted by Gasteiger charge is 2.14. The standard InChI is InChI=1S/C18H19N7O2S/c1-11-8-12(14-5-6-16(27-14)28-18-23-20-10-24(18)2)22-13-9-21-25(17(11)13)7-3-4-15(19)26/h5-6,8-10H,3-4,7H2,1-2H3,(H2,19,26). The highest BCUT2D eigenvalue weighted by atomic mass is 32.2. The van der Waals surface area contributed by atoms with Crippen molar-refractivity contribution in [2.75, 3.05) is 0 Å². The Balaban J connectivity index is 1.58. The number of nitrogens with two attached hydrogens (primary N) is 1. The van der Waals surface area contributed by atoms with Crippen LogP contribution in [-0.2, 0) is 18.4 Å². The van der Waals surface area contributed by atoms with Crippen molar-refractivity contribution in [3.8, 4) is 11.5 Å². The van der Waals surface area contributed by atoms with E-state index in [2.05, 4.69) is 20.3 Å². The number of aromatic nitrogens is 6. The molecule has 0 bridgehead atoms. The number of primary amides is 1. The van der Waals surface area contributed by atoms with Gasteiger partial charge in [0.1, 0.15) is 17.5 Å². The summed E-state index contributed by atoms with van der Waals surface area (Å²) >= 11 is 1.40. The molecule has 0 spiro atoms. The van der Waals surface area contributed by atoms with Crippen LogP contribution in [0.15, 0.2) is 45.4 Å². The molecule has 4 rings (SSSR count). The molecule has 4 aromatic heterocycles. The zero-order chi connectivity index (χ0) is 19.7. The lowest BCUT2D eigenvalue weighted by Crippen LogP contribution is -2.12. The number of hydrogen-bond donors (Lipinski definition) is 1. The summed E-state index contributed by atoms with van der Waals surface area (Å²) in [4.78, 5) is 15.6. The Kier molecular flexibility index (Phi) is 4.86. The van der Waals surface area contributed by atoms with E-state index in [-0.39, 0.29) is 5.91 Å². The summed E-state index contributed by atoms with van der Waals surface area (Å²) < 4.78 is 9.63. The second-order valence-corrected chi connectivity index (χ2v) is 7.41. The Morgan fingerprint density at radius 1 is 1.36 bits per heavy atom. The minimum atomic E-state index is -0.304. The quantitative estimate of drug-likeness (QED) is 0.509. The lowest BCUT2D eigenvalue weighted by atomic mass is 10.2. The van der Waals surface area contributed by atoms with E-state index in [9.17, 15) is 4.79 Å². The summed E-state index contributed by atoms with van der Waals surface area (Å²) in [6.07, 6.45) is 4.36. The lowest BCUT2D eigenvalue weighted by molar-refractivity contribution is -0.118. The van der Waals surface area contributed by atoms with E-state index < -0.39 is 0 Å². The van der Waals surface area contributed by atoms with Crippen LogP contribution in [0, 0.1) is 6.92 Å². The van der Waals surface area contributed by atoms with Crippen molar-refractivity contribution in [2.24, 2.45) is 12.8 Å². The Bertz CT molecular complexity index is 1140. The first kappa shape index (κ1) is 18.2. The van der Waals surface area contributed by atoms with E-state index in [4.69, 9.17) is 10.2 Å². The number of rotatable bonds is 7. The Morgan fingerprint density at radius 3 is 2.96 bits per heavy atom. The van der Waals surface area contributed by atoms with Gasteiger partial charge in [-0.3, -0.25) is 9.48 Å². The molecule has 1 amide bonds. The molecule has 9 nitrogen and oxygen atoms in total. The van der Waals surface area contributed by atoms with Crippen molar-refractivity contribution in [3.63, 3.8) is 0 Å². The van der Waals surface area contributed by atoms with Crippen LogP contribution in [0.5, 0.6) is 0 Å². The van der Waals surface area contributed by atoms with E-state index in [0.717, 1.165) is 27.4 Å². The van der Waals surface area contributed by atoms with Crippen LogP contribution in [0.1, 0.15) is 18.4 Å². The molecule has 0 unspecified atom stereocenters. The van der Waals surface area contributed by atoms with Gasteiger partial charge < -0.3 is 14.7 Å². The van der Waals surface area contributed by atoms with E-state index in [1.807, 2.05) is 41.4 Å². The van der Waals surface area contributed by atoms with Crippen molar-refractivity contribution >= 4 is 28.7 Å². The first-order valence-corrected chi connectivity index (χ1v) is 9.56. The van der Waals surface area contributed by atoms with Crippen LogP contribution in [0.2, 0.25) is 0 Å². The first-order chi connectivity index (χ1) is 13.5. The molecular formula is C18H19N7O2S. The number of fused-ring (bicyclic) bond motifs is 1. The van der Waals surface area contributed by atoms with Gasteiger partial charge in [-0.25, -0.2) is 4.98 Å². The molecule has 0 saturated heterocycles. The largest absolute Gasteiger partial charge is 0.448 e. The fourth-order valence-corrected chi connectivity index (χ4v) is 3.69. The fourth-order valence-electron chi connectivity index (χ4n) is 2.96. The molecule has 2 N–H and O–H groups in total. The molecule has 0 aromatic carbocycles. The zero-order valence-electron chi connectivity index (χ0n) is 15.5. The van der Waals surface area contributed by atoms with Gasteiger partial charge in [0.2, 0.25) is 5.91 Å². The molecule has 0 saturated carbocycles. The summed E-state index contributed by atoms with van der Waals surface area (Å²) in [5, 5.41) is 13.8. The van der Waals surface area contributed by atoms with Crippen molar-refractivity contribution < 1.29 is 9.21 Å². The summed E-state index contributed by atoms with van der Waals surface area (Å²) in [5.74, 6) is 0.373. The van der Waals surface area contributed by atoms with Crippen LogP contribution in [0.25, 0.3) is 22.5 Å². The number of hydrogen-bond acceptors (Lipinski definition) is 7. The highest BCUT2D eigenvalue weighted by Crippen LogP contribution is 2.32. The average molecular weight is 397 g/mol. The van der Waals surface area contributed by atoms with Gasteiger partial charge >= 0.3 is 0 Å². The molecule has 4 heterocycles. The predicted octanol–water partition coefficient (Wildman–Crippen LogP) is 2.54. The number of amides is 1. The zero-order valence-corrected chi connectivity index (χ0v) is 16.3. The third-order valence-corrected chi connectivity index (χ3v) is 5.25. The van der Waals surface area contributed by atoms with Gasteiger partial charge in [0, 0.05) is 20.0 Å². The molecule has 144 valence electrons. The number of carbonyl (C=O) groups excluding carboxylic acids is 1. The van der Waals surface area contributed by atoms with Crippen LogP contribution >= 0.6 is 11.8 Å². The Labute approximate surface area is 164 Å². The SMILES string of the molecule is Cc1cc(-c2ccc(Sc3nncn3C)o2)nc2cnn(CCCC(N)=O)c12. The number of pyridine rings is 1. The molecule has 0 aliphatic heterocycles. The molecule has 0 aliphatic carbocycles. The van der Waals surface area contributed by atoms with E-state index in [1.54, 1.807) is 12.5 Å². The maximum atomic E-state index is 10.9. The second kappa shape index (κ2) is 7.47. The molecule has 4 aromatic rings. The van der Waals surface area contributed by atoms with Gasteiger partial charge in [0.05, 0.1) is 11.7 Å². The number of carbonyl (C=O) groups is 1. The summed E-state index contributed by atoms with van der Waals surface area (Å²) in [7, 11) is 1.88. The lowest BCUT2D eigenvalue weighted by Gasteiger charge is -2.06. The van der Waals surface area contributed by atoms with E-state index in [0.29, 0.717) is 30.2 Å². The van der Waals surface area contributed by atoms with Crippen LogP contribution in [-0.4, -0.2) is 35.4 Å². The second-order valence-electron chi connectivity index (χ2n) is 6.44. The topological polar surface area (TPSA) is 118 Å². The average Bonchev–Trinajstić information content (AvgIpc) is 3.36. The van der Waals surface area contributed by atoms with Crippen molar-refractivity contribution in [1.29, 1.82) is 0 Å². The Hall–Kier alpha value is -3.14. The summed E-state index contributed by atoms with van der Waals surface area (Å²) in [5.41, 5.74) is 8.73.